The van der Waals surface area contributed by atoms with E-state index in [-0.39, 0.29) is 17.4 Å². The zero-order chi connectivity index (χ0) is 13.0. The Bertz CT molecular complexity index is 543. The first-order valence-corrected chi connectivity index (χ1v) is 5.65. The van der Waals surface area contributed by atoms with Crippen molar-refractivity contribution in [2.24, 2.45) is 0 Å². The number of aryl methyl sites for hydroxylation is 1. The van der Waals surface area contributed by atoms with E-state index in [0.29, 0.717) is 17.8 Å². The van der Waals surface area contributed by atoms with Crippen LogP contribution in [0.2, 0.25) is 5.02 Å². The van der Waals surface area contributed by atoms with E-state index in [9.17, 15) is 9.18 Å². The summed E-state index contributed by atoms with van der Waals surface area (Å²) in [5, 5.41) is 2.60. The fourth-order valence-corrected chi connectivity index (χ4v) is 1.58. The van der Waals surface area contributed by atoms with Crippen LogP contribution >= 0.6 is 11.6 Å². The highest BCUT2D eigenvalue weighted by atomic mass is 35.5. The molecule has 4 nitrogen and oxygen atoms in total. The molecule has 2 aromatic rings. The molecule has 0 aliphatic carbocycles. The van der Waals surface area contributed by atoms with Crippen LogP contribution in [0.4, 0.5) is 10.1 Å². The van der Waals surface area contributed by atoms with Crippen LogP contribution in [-0.4, -0.2) is 10.9 Å². The molecule has 0 saturated carbocycles. The van der Waals surface area contributed by atoms with E-state index in [1.165, 1.54) is 30.9 Å². The number of amides is 1. The molecule has 0 fully saturated rings. The Labute approximate surface area is 108 Å². The minimum absolute atomic E-state index is 0.0238. The van der Waals surface area contributed by atoms with Gasteiger partial charge in [0.2, 0.25) is 5.91 Å². The van der Waals surface area contributed by atoms with E-state index >= 15 is 0 Å². The topological polar surface area (TPSA) is 55.1 Å². The lowest BCUT2D eigenvalue weighted by atomic mass is 10.2. The molecule has 0 aliphatic rings. The quantitative estimate of drug-likeness (QED) is 0.927. The van der Waals surface area contributed by atoms with Gasteiger partial charge < -0.3 is 9.73 Å². The maximum absolute atomic E-state index is 12.9. The third-order valence-corrected chi connectivity index (χ3v) is 2.58. The molecule has 2 rings (SSSR count). The van der Waals surface area contributed by atoms with Crippen molar-refractivity contribution in [1.82, 2.24) is 4.98 Å². The molecule has 0 aliphatic heterocycles. The zero-order valence-electron chi connectivity index (χ0n) is 9.32. The lowest BCUT2D eigenvalue weighted by Gasteiger charge is -2.05. The summed E-state index contributed by atoms with van der Waals surface area (Å²) in [5.74, 6) is -0.710. The Balaban J connectivity index is 1.88. The molecular weight excluding hydrogens is 259 g/mol. The SMILES string of the molecule is O=C(CCc1cocn1)Nc1ccc(F)c(Cl)c1. The van der Waals surface area contributed by atoms with E-state index in [0.717, 1.165) is 0 Å². The number of nitrogens with one attached hydrogen (secondary N) is 1. The minimum atomic E-state index is -0.516. The van der Waals surface area contributed by atoms with Gasteiger partial charge in [0.05, 0.1) is 10.7 Å². The van der Waals surface area contributed by atoms with E-state index in [2.05, 4.69) is 10.3 Å². The Morgan fingerprint density at radius 2 is 2.33 bits per heavy atom. The second kappa shape index (κ2) is 5.64. The van der Waals surface area contributed by atoms with Crippen molar-refractivity contribution < 1.29 is 13.6 Å². The van der Waals surface area contributed by atoms with Crippen molar-refractivity contribution in [3.05, 3.63) is 47.4 Å². The highest BCUT2D eigenvalue weighted by Crippen LogP contribution is 2.19. The molecular formula is C12H10ClFN2O2. The molecule has 1 N–H and O–H groups in total. The number of carbonyl (C=O) groups is 1. The molecule has 0 spiro atoms. The molecule has 0 bridgehead atoms. The number of hydrogen-bond acceptors (Lipinski definition) is 3. The average molecular weight is 269 g/mol. The molecule has 1 amide bonds. The van der Waals surface area contributed by atoms with Crippen LogP contribution in [0.15, 0.2) is 35.3 Å². The molecule has 94 valence electrons. The van der Waals surface area contributed by atoms with Gasteiger partial charge >= 0.3 is 0 Å². The largest absolute Gasteiger partial charge is 0.451 e. The van der Waals surface area contributed by atoms with E-state index < -0.39 is 5.82 Å². The first-order chi connectivity index (χ1) is 8.65. The van der Waals surface area contributed by atoms with Gasteiger partial charge in [0.25, 0.3) is 0 Å². The summed E-state index contributed by atoms with van der Waals surface area (Å²) < 4.78 is 17.7. The monoisotopic (exact) mass is 268 g/mol. The van der Waals surface area contributed by atoms with Crippen molar-refractivity contribution in [2.75, 3.05) is 5.32 Å². The molecule has 6 heteroatoms. The number of carbonyl (C=O) groups excluding carboxylic acids is 1. The Morgan fingerprint density at radius 1 is 1.50 bits per heavy atom. The molecule has 1 heterocycles. The van der Waals surface area contributed by atoms with Gasteiger partial charge in [-0.25, -0.2) is 9.37 Å². The van der Waals surface area contributed by atoms with Crippen molar-refractivity contribution in [3.8, 4) is 0 Å². The highest BCUT2D eigenvalue weighted by Gasteiger charge is 2.06. The fraction of sp³-hybridized carbons (Fsp3) is 0.167. The maximum Gasteiger partial charge on any atom is 0.224 e. The van der Waals surface area contributed by atoms with Crippen molar-refractivity contribution >= 4 is 23.2 Å². The first kappa shape index (κ1) is 12.6. The maximum atomic E-state index is 12.9. The van der Waals surface area contributed by atoms with Crippen molar-refractivity contribution in [3.63, 3.8) is 0 Å². The van der Waals surface area contributed by atoms with Crippen LogP contribution < -0.4 is 5.32 Å². The van der Waals surface area contributed by atoms with Gasteiger partial charge in [-0.15, -0.1) is 0 Å². The standard InChI is InChI=1S/C12H10ClFN2O2/c13-10-5-8(1-3-11(10)14)16-12(17)4-2-9-6-18-7-15-9/h1,3,5-7H,2,4H2,(H,16,17). The number of anilines is 1. The predicted molar refractivity (Wildman–Crippen MR) is 64.9 cm³/mol. The molecule has 0 saturated heterocycles. The predicted octanol–water partition coefficient (Wildman–Crippen LogP) is 3.04. The Hall–Kier alpha value is -1.88. The Morgan fingerprint density at radius 3 is 3.00 bits per heavy atom. The summed E-state index contributed by atoms with van der Waals surface area (Å²) in [6, 6.07) is 4.02. The third kappa shape index (κ3) is 3.30. The van der Waals surface area contributed by atoms with Gasteiger partial charge in [-0.2, -0.15) is 0 Å². The molecule has 0 atom stereocenters. The van der Waals surface area contributed by atoms with Gasteiger partial charge in [0.1, 0.15) is 12.1 Å². The second-order valence-corrected chi connectivity index (χ2v) is 4.06. The highest BCUT2D eigenvalue weighted by molar-refractivity contribution is 6.31. The number of aromatic nitrogens is 1. The first-order valence-electron chi connectivity index (χ1n) is 5.27. The van der Waals surface area contributed by atoms with E-state index in [4.69, 9.17) is 16.0 Å². The average Bonchev–Trinajstić information content (AvgIpc) is 2.84. The fourth-order valence-electron chi connectivity index (χ4n) is 1.40. The smallest absolute Gasteiger partial charge is 0.224 e. The molecule has 0 radical (unpaired) electrons. The van der Waals surface area contributed by atoms with Gasteiger partial charge in [0, 0.05) is 18.5 Å². The number of rotatable bonds is 4. The summed E-state index contributed by atoms with van der Waals surface area (Å²) in [6.45, 7) is 0. The van der Waals surface area contributed by atoms with Gasteiger partial charge in [-0.05, 0) is 18.2 Å². The van der Waals surface area contributed by atoms with Crippen LogP contribution in [0.25, 0.3) is 0 Å². The van der Waals surface area contributed by atoms with E-state index in [1.807, 2.05) is 0 Å². The van der Waals surface area contributed by atoms with Gasteiger partial charge in [0.15, 0.2) is 6.39 Å². The zero-order valence-corrected chi connectivity index (χ0v) is 10.1. The number of hydrogen-bond donors (Lipinski definition) is 1. The summed E-state index contributed by atoms with van der Waals surface area (Å²) in [6.07, 6.45) is 3.55. The van der Waals surface area contributed by atoms with Crippen molar-refractivity contribution in [2.45, 2.75) is 12.8 Å². The summed E-state index contributed by atoms with van der Waals surface area (Å²) in [5.41, 5.74) is 1.17. The number of benzene rings is 1. The number of oxazole rings is 1. The van der Waals surface area contributed by atoms with Crippen LogP contribution in [0, 0.1) is 5.82 Å². The lowest BCUT2D eigenvalue weighted by molar-refractivity contribution is -0.116. The molecule has 18 heavy (non-hydrogen) atoms. The molecule has 1 aromatic carbocycles. The third-order valence-electron chi connectivity index (χ3n) is 2.30. The van der Waals surface area contributed by atoms with Gasteiger partial charge in [-0.1, -0.05) is 11.6 Å². The number of nitrogens with zero attached hydrogens (tertiary/aromatic N) is 1. The number of halogens is 2. The summed E-state index contributed by atoms with van der Waals surface area (Å²) in [7, 11) is 0. The summed E-state index contributed by atoms with van der Waals surface area (Å²) >= 11 is 5.61. The minimum Gasteiger partial charge on any atom is -0.451 e. The van der Waals surface area contributed by atoms with Crippen molar-refractivity contribution in [1.29, 1.82) is 0 Å². The van der Waals surface area contributed by atoms with Crippen LogP contribution in [0.3, 0.4) is 0 Å². The van der Waals surface area contributed by atoms with Gasteiger partial charge in [-0.3, -0.25) is 4.79 Å². The normalized spacial score (nSPS) is 10.3. The lowest BCUT2D eigenvalue weighted by Crippen LogP contribution is -2.12. The van der Waals surface area contributed by atoms with E-state index in [1.54, 1.807) is 0 Å². The summed E-state index contributed by atoms with van der Waals surface area (Å²) in [4.78, 5) is 15.5. The van der Waals surface area contributed by atoms with Crippen LogP contribution in [0.1, 0.15) is 12.1 Å². The van der Waals surface area contributed by atoms with Crippen LogP contribution in [0.5, 0.6) is 0 Å². The molecule has 1 aromatic heterocycles. The van der Waals surface area contributed by atoms with Crippen LogP contribution in [-0.2, 0) is 11.2 Å². The second-order valence-electron chi connectivity index (χ2n) is 3.66. The Kier molecular flexibility index (Phi) is 3.94. The molecule has 0 unspecified atom stereocenters.